The van der Waals surface area contributed by atoms with Crippen LogP contribution in [0, 0.1) is 0 Å². The zero-order chi connectivity index (χ0) is 34.5. The summed E-state index contributed by atoms with van der Waals surface area (Å²) in [5.74, 6) is -2.87. The molecule has 0 unspecified atom stereocenters. The molecule has 6 aromatic carbocycles. The number of hydrogen-bond donors (Lipinski definition) is 2. The fourth-order valence-corrected chi connectivity index (χ4v) is 6.67. The molecule has 8 nitrogen and oxygen atoms in total. The van der Waals surface area contributed by atoms with Gasteiger partial charge in [0.1, 0.15) is 0 Å². The van der Waals surface area contributed by atoms with E-state index in [1.165, 1.54) is 12.1 Å². The Labute approximate surface area is 285 Å². The van der Waals surface area contributed by atoms with Gasteiger partial charge in [0.05, 0.1) is 22.5 Å². The molecule has 0 atom stereocenters. The predicted octanol–water partition coefficient (Wildman–Crippen LogP) is 7.41. The minimum absolute atomic E-state index is 0.0121. The number of anilines is 2. The van der Waals surface area contributed by atoms with Gasteiger partial charge in [0.15, 0.2) is 23.1 Å². The first-order chi connectivity index (χ1) is 24.3. The number of hydrogen-bond acceptors (Lipinski definition) is 6. The zero-order valence-electron chi connectivity index (χ0n) is 26.2. The highest BCUT2D eigenvalue weighted by atomic mass is 16.2. The molecule has 0 saturated carbocycles. The average Bonchev–Trinajstić information content (AvgIpc) is 3.16. The second kappa shape index (κ2) is 11.9. The number of amides is 2. The van der Waals surface area contributed by atoms with E-state index in [4.69, 9.17) is 0 Å². The fraction of sp³-hybridized carbons (Fsp3) is 0. The third-order valence-corrected chi connectivity index (χ3v) is 9.01. The lowest BCUT2D eigenvalue weighted by Crippen LogP contribution is -2.27. The lowest BCUT2D eigenvalue weighted by atomic mass is 9.75. The molecule has 2 aliphatic rings. The van der Waals surface area contributed by atoms with Crippen LogP contribution >= 0.6 is 0 Å². The second-order valence-electron chi connectivity index (χ2n) is 11.9. The summed E-state index contributed by atoms with van der Waals surface area (Å²) in [5.41, 5.74) is 2.03. The summed E-state index contributed by atoms with van der Waals surface area (Å²) in [4.78, 5) is 83.7. The summed E-state index contributed by atoms with van der Waals surface area (Å²) < 4.78 is 0. The molecule has 0 heterocycles. The van der Waals surface area contributed by atoms with Crippen LogP contribution < -0.4 is 10.6 Å². The summed E-state index contributed by atoms with van der Waals surface area (Å²) in [6.07, 6.45) is 0. The molecule has 0 radical (unpaired) electrons. The van der Waals surface area contributed by atoms with Crippen LogP contribution in [-0.2, 0) is 0 Å². The van der Waals surface area contributed by atoms with E-state index in [1.807, 2.05) is 0 Å². The zero-order valence-corrected chi connectivity index (χ0v) is 26.2. The van der Waals surface area contributed by atoms with E-state index in [0.717, 1.165) is 0 Å². The van der Waals surface area contributed by atoms with E-state index in [-0.39, 0.29) is 67.0 Å². The van der Waals surface area contributed by atoms with E-state index in [9.17, 15) is 28.8 Å². The molecule has 238 valence electrons. The molecule has 0 spiro atoms. The molecule has 0 bridgehead atoms. The van der Waals surface area contributed by atoms with Crippen LogP contribution in [0.5, 0.6) is 0 Å². The number of ketones is 4. The van der Waals surface area contributed by atoms with Crippen molar-refractivity contribution in [1.82, 2.24) is 0 Å². The molecule has 8 heteroatoms. The van der Waals surface area contributed by atoms with E-state index < -0.39 is 34.9 Å². The predicted molar refractivity (Wildman–Crippen MR) is 187 cm³/mol. The Balaban J connectivity index is 1.35. The molecule has 0 fully saturated rings. The lowest BCUT2D eigenvalue weighted by molar-refractivity contribution is 0.0977. The van der Waals surface area contributed by atoms with Gasteiger partial charge >= 0.3 is 0 Å². The van der Waals surface area contributed by atoms with Crippen LogP contribution in [0.3, 0.4) is 0 Å². The SMILES string of the molecule is O=C(Nc1ccc(-c2ccc(NC(=O)c3ccccc3)c3c2C(=O)c2ccccc2C3=O)c2c1C(=O)c1ccccc1C2=O)c1ccccc1. The van der Waals surface area contributed by atoms with Crippen molar-refractivity contribution in [3.63, 3.8) is 0 Å². The molecule has 2 N–H and O–H groups in total. The van der Waals surface area contributed by atoms with Gasteiger partial charge in [0.25, 0.3) is 11.8 Å². The van der Waals surface area contributed by atoms with Crippen molar-refractivity contribution >= 4 is 46.3 Å². The number of fused-ring (bicyclic) bond motifs is 4. The molecule has 6 aromatic rings. The topological polar surface area (TPSA) is 126 Å². The molecule has 0 saturated heterocycles. The standard InChI is InChI=1S/C42H24N2O6/c45-37-27-15-7-9-17-29(27)39(47)35-31(43-41(49)23-11-3-1-4-12-23)21-19-25(33(35)37)26-20-22-32(44-42(50)24-13-5-2-6-14-24)36-34(26)38(46)28-16-8-10-18-30(28)40(36)48/h1-22H,(H,43,49)(H,44,50). The number of nitrogens with one attached hydrogen (secondary N) is 2. The summed E-state index contributed by atoms with van der Waals surface area (Å²) in [7, 11) is 0. The Hall–Kier alpha value is -7.06. The van der Waals surface area contributed by atoms with Gasteiger partial charge in [-0.15, -0.1) is 0 Å². The van der Waals surface area contributed by atoms with E-state index >= 15 is 0 Å². The molecule has 2 aliphatic carbocycles. The maximum Gasteiger partial charge on any atom is 0.255 e. The molecule has 8 rings (SSSR count). The quantitative estimate of drug-likeness (QED) is 0.199. The minimum atomic E-state index is -0.480. The summed E-state index contributed by atoms with van der Waals surface area (Å²) >= 11 is 0. The van der Waals surface area contributed by atoms with Gasteiger partial charge in [-0.05, 0) is 47.5 Å². The first-order valence-corrected chi connectivity index (χ1v) is 15.8. The Morgan fingerprint density at radius 3 is 0.960 bits per heavy atom. The van der Waals surface area contributed by atoms with Gasteiger partial charge in [-0.3, -0.25) is 28.8 Å². The van der Waals surface area contributed by atoms with E-state index in [1.54, 1.807) is 121 Å². The van der Waals surface area contributed by atoms with Crippen molar-refractivity contribution in [2.75, 3.05) is 10.6 Å². The summed E-state index contributed by atoms with van der Waals surface area (Å²) in [6, 6.07) is 35.9. The van der Waals surface area contributed by atoms with Gasteiger partial charge in [-0.25, -0.2) is 0 Å². The highest BCUT2D eigenvalue weighted by Gasteiger charge is 2.38. The Morgan fingerprint density at radius 2 is 0.620 bits per heavy atom. The van der Waals surface area contributed by atoms with Crippen LogP contribution in [0.2, 0.25) is 0 Å². The van der Waals surface area contributed by atoms with Crippen molar-refractivity contribution in [3.8, 4) is 11.1 Å². The monoisotopic (exact) mass is 652 g/mol. The summed E-state index contributed by atoms with van der Waals surface area (Å²) in [5, 5.41) is 5.61. The molecule has 50 heavy (non-hydrogen) atoms. The molecule has 0 aliphatic heterocycles. The van der Waals surface area contributed by atoms with Gasteiger partial charge in [-0.1, -0.05) is 97.1 Å². The molecule has 2 amide bonds. The fourth-order valence-electron chi connectivity index (χ4n) is 6.67. The maximum atomic E-state index is 14.4. The first kappa shape index (κ1) is 30.3. The highest BCUT2D eigenvalue weighted by molar-refractivity contribution is 6.35. The number of carbonyl (C=O) groups excluding carboxylic acids is 6. The van der Waals surface area contributed by atoms with Gasteiger partial charge < -0.3 is 10.6 Å². The Kier molecular flexibility index (Phi) is 7.19. The van der Waals surface area contributed by atoms with Crippen LogP contribution in [0.15, 0.2) is 133 Å². The van der Waals surface area contributed by atoms with E-state index in [2.05, 4.69) is 10.6 Å². The summed E-state index contributed by atoms with van der Waals surface area (Å²) in [6.45, 7) is 0. The van der Waals surface area contributed by atoms with Crippen molar-refractivity contribution in [2.24, 2.45) is 0 Å². The minimum Gasteiger partial charge on any atom is -0.321 e. The number of benzene rings is 6. The lowest BCUT2D eigenvalue weighted by Gasteiger charge is -2.26. The van der Waals surface area contributed by atoms with Gasteiger partial charge in [0.2, 0.25) is 0 Å². The molecular formula is C42H24N2O6. The van der Waals surface area contributed by atoms with Gasteiger partial charge in [0, 0.05) is 44.5 Å². The van der Waals surface area contributed by atoms with Crippen molar-refractivity contribution in [2.45, 2.75) is 0 Å². The van der Waals surface area contributed by atoms with E-state index in [0.29, 0.717) is 11.1 Å². The van der Waals surface area contributed by atoms with Crippen LogP contribution in [-0.4, -0.2) is 34.9 Å². The van der Waals surface area contributed by atoms with Gasteiger partial charge in [-0.2, -0.15) is 0 Å². The van der Waals surface area contributed by atoms with Crippen LogP contribution in [0.4, 0.5) is 11.4 Å². The molecular weight excluding hydrogens is 628 g/mol. The van der Waals surface area contributed by atoms with Crippen molar-refractivity contribution < 1.29 is 28.8 Å². The highest BCUT2D eigenvalue weighted by Crippen LogP contribution is 2.43. The second-order valence-corrected chi connectivity index (χ2v) is 11.9. The van der Waals surface area contributed by atoms with Crippen LogP contribution in [0.1, 0.15) is 84.4 Å². The van der Waals surface area contributed by atoms with Crippen molar-refractivity contribution in [3.05, 3.63) is 189 Å². The van der Waals surface area contributed by atoms with Crippen molar-refractivity contribution in [1.29, 1.82) is 0 Å². The Morgan fingerprint density at radius 1 is 0.320 bits per heavy atom. The Bertz CT molecular complexity index is 2310. The van der Waals surface area contributed by atoms with Crippen LogP contribution in [0.25, 0.3) is 11.1 Å². The maximum absolute atomic E-state index is 14.4. The smallest absolute Gasteiger partial charge is 0.255 e. The normalized spacial score (nSPS) is 12.7. The number of carbonyl (C=O) groups is 6. The largest absolute Gasteiger partial charge is 0.321 e. The third-order valence-electron chi connectivity index (χ3n) is 9.01. The number of rotatable bonds is 5. The average molecular weight is 653 g/mol. The molecule has 0 aromatic heterocycles. The third kappa shape index (κ3) is 4.78. The first-order valence-electron chi connectivity index (χ1n) is 15.8.